The molecule has 0 aromatic heterocycles. The molecule has 35 heavy (non-hydrogen) atoms. The molecule has 2 atom stereocenters. The number of alkyl halides is 5. The van der Waals surface area contributed by atoms with Crippen molar-refractivity contribution in [1.82, 2.24) is 10.2 Å². The number of carbonyl (C=O) groups excluding carboxylic acids is 1. The molecule has 2 N–H and O–H groups in total. The van der Waals surface area contributed by atoms with E-state index in [9.17, 15) is 31.9 Å². The molecule has 1 aromatic rings. The van der Waals surface area contributed by atoms with Crippen LogP contribution in [-0.2, 0) is 12.7 Å². The molecule has 2 fully saturated rings. The van der Waals surface area contributed by atoms with Crippen molar-refractivity contribution < 1.29 is 31.9 Å². The van der Waals surface area contributed by atoms with Gasteiger partial charge in [0, 0.05) is 19.4 Å². The molecule has 1 saturated heterocycles. The van der Waals surface area contributed by atoms with Gasteiger partial charge in [-0.15, -0.1) is 0 Å². The van der Waals surface area contributed by atoms with Crippen LogP contribution < -0.4 is 5.32 Å². The second-order valence-corrected chi connectivity index (χ2v) is 10.5. The Morgan fingerprint density at radius 2 is 1.97 bits per heavy atom. The van der Waals surface area contributed by atoms with Crippen LogP contribution in [-0.4, -0.2) is 52.2 Å². The van der Waals surface area contributed by atoms with E-state index < -0.39 is 41.5 Å². The number of aliphatic hydroxyl groups excluding tert-OH is 1. The van der Waals surface area contributed by atoms with Crippen molar-refractivity contribution in [3.8, 4) is 0 Å². The van der Waals surface area contributed by atoms with Crippen LogP contribution in [0.5, 0.6) is 0 Å². The summed E-state index contributed by atoms with van der Waals surface area (Å²) in [5, 5.41) is 12.5. The fraction of sp³-hybridized carbons (Fsp3) is 0.583. The van der Waals surface area contributed by atoms with Crippen LogP contribution in [0.25, 0.3) is 0 Å². The Morgan fingerprint density at radius 3 is 2.66 bits per heavy atom. The number of allylic oxidation sites excluding steroid dienone is 1. The zero-order valence-electron chi connectivity index (χ0n) is 19.2. The molecule has 1 amide bonds. The highest BCUT2D eigenvalue weighted by atomic mass is 32.2. The molecular weight excluding hydrogens is 489 g/mol. The molecule has 0 unspecified atom stereocenters. The molecule has 192 valence electrons. The number of rotatable bonds is 4. The molecule has 11 heteroatoms. The summed E-state index contributed by atoms with van der Waals surface area (Å²) in [6.45, 7) is 3.02. The van der Waals surface area contributed by atoms with E-state index in [1.165, 1.54) is 12.1 Å². The number of halogens is 5. The first kappa shape index (κ1) is 26.1. The Bertz CT molecular complexity index is 1020. The highest BCUT2D eigenvalue weighted by Crippen LogP contribution is 2.36. The monoisotopic (exact) mass is 517 g/mol. The number of aliphatic imine (C=N–C) groups is 1. The van der Waals surface area contributed by atoms with Crippen molar-refractivity contribution >= 4 is 22.8 Å². The highest BCUT2D eigenvalue weighted by molar-refractivity contribution is 8.18. The molecule has 4 rings (SSSR count). The molecule has 5 nitrogen and oxygen atoms in total. The minimum Gasteiger partial charge on any atom is -0.391 e. The quantitative estimate of drug-likeness (QED) is 0.516. The van der Waals surface area contributed by atoms with E-state index in [0.29, 0.717) is 36.4 Å². The zero-order chi connectivity index (χ0) is 25.4. The summed E-state index contributed by atoms with van der Waals surface area (Å²) in [6.07, 6.45) is -3.05. The lowest BCUT2D eigenvalue weighted by Gasteiger charge is -2.34. The van der Waals surface area contributed by atoms with Crippen molar-refractivity contribution in [3.05, 3.63) is 45.9 Å². The normalized spacial score (nSPS) is 27.3. The number of hydrogen-bond donors (Lipinski definition) is 2. The lowest BCUT2D eigenvalue weighted by Crippen LogP contribution is -2.50. The number of thioether (sulfide) groups is 1. The number of nitrogens with zero attached hydrogens (tertiary/aromatic N) is 2. The average Bonchev–Trinajstić information content (AvgIpc) is 3.11. The smallest absolute Gasteiger partial charge is 0.391 e. The van der Waals surface area contributed by atoms with Gasteiger partial charge in [0.25, 0.3) is 0 Å². The number of benzene rings is 1. The van der Waals surface area contributed by atoms with Crippen molar-refractivity contribution in [3.63, 3.8) is 0 Å². The first-order valence-electron chi connectivity index (χ1n) is 11.6. The third-order valence-electron chi connectivity index (χ3n) is 6.73. The van der Waals surface area contributed by atoms with Crippen LogP contribution >= 0.6 is 11.8 Å². The fourth-order valence-electron chi connectivity index (χ4n) is 4.80. The van der Waals surface area contributed by atoms with Gasteiger partial charge in [-0.1, -0.05) is 23.8 Å². The van der Waals surface area contributed by atoms with Crippen molar-refractivity contribution in [2.75, 3.05) is 13.1 Å². The molecule has 1 aliphatic carbocycles. The number of likely N-dealkylation sites (tertiary alicyclic amines) is 1. The lowest BCUT2D eigenvalue weighted by atomic mass is 9.89. The largest absolute Gasteiger partial charge is 0.416 e. The second kappa shape index (κ2) is 10.2. The van der Waals surface area contributed by atoms with Crippen molar-refractivity contribution in [1.29, 1.82) is 0 Å². The first-order valence-corrected chi connectivity index (χ1v) is 12.5. The molecule has 0 radical (unpaired) electrons. The predicted molar refractivity (Wildman–Crippen MR) is 124 cm³/mol. The Balaban J connectivity index is 1.37. The van der Waals surface area contributed by atoms with Gasteiger partial charge in [0.05, 0.1) is 22.6 Å². The number of aryl methyl sites for hydroxylation is 1. The Hall–Kier alpha value is -1.98. The number of amides is 1. The van der Waals surface area contributed by atoms with Gasteiger partial charge in [0.2, 0.25) is 5.92 Å². The summed E-state index contributed by atoms with van der Waals surface area (Å²) in [5.74, 6) is -2.60. The zero-order valence-corrected chi connectivity index (χ0v) is 20.1. The van der Waals surface area contributed by atoms with E-state index >= 15 is 0 Å². The van der Waals surface area contributed by atoms with Crippen LogP contribution in [0.3, 0.4) is 0 Å². The molecular formula is C24H28F5N3O2S. The number of piperidine rings is 1. The lowest BCUT2D eigenvalue weighted by molar-refractivity contribution is -0.138. The SMILES string of the molecule is Cc1ccc(CN2CCC(/C=C3\SC(=O)N=C3N[C@@H]3CC(F)(F)CC[C@H]3O)CC2)c(C(F)(F)F)c1. The summed E-state index contributed by atoms with van der Waals surface area (Å²) in [6, 6.07) is 3.49. The number of carbonyl (C=O) groups is 1. The minimum absolute atomic E-state index is 0.0341. The van der Waals surface area contributed by atoms with Crippen LogP contribution in [0.1, 0.15) is 48.8 Å². The molecule has 0 bridgehead atoms. The predicted octanol–water partition coefficient (Wildman–Crippen LogP) is 5.51. The average molecular weight is 518 g/mol. The van der Waals surface area contributed by atoms with E-state index in [1.54, 1.807) is 13.0 Å². The summed E-state index contributed by atoms with van der Waals surface area (Å²) >= 11 is 0.915. The Labute approximate surface area is 204 Å². The number of nitrogens with one attached hydrogen (secondary N) is 1. The Morgan fingerprint density at radius 1 is 1.26 bits per heavy atom. The van der Waals surface area contributed by atoms with Gasteiger partial charge in [0.15, 0.2) is 0 Å². The van der Waals surface area contributed by atoms with Gasteiger partial charge >= 0.3 is 11.4 Å². The topological polar surface area (TPSA) is 64.9 Å². The maximum Gasteiger partial charge on any atom is 0.416 e. The summed E-state index contributed by atoms with van der Waals surface area (Å²) in [5.41, 5.74) is 0.203. The summed E-state index contributed by atoms with van der Waals surface area (Å²) in [4.78, 5) is 18.4. The number of amidine groups is 1. The highest BCUT2D eigenvalue weighted by Gasteiger charge is 2.42. The van der Waals surface area contributed by atoms with Gasteiger partial charge in [-0.2, -0.15) is 18.2 Å². The third-order valence-corrected chi connectivity index (χ3v) is 7.54. The van der Waals surface area contributed by atoms with Gasteiger partial charge < -0.3 is 10.4 Å². The van der Waals surface area contributed by atoms with Gasteiger partial charge in [0.1, 0.15) is 5.84 Å². The fourth-order valence-corrected chi connectivity index (χ4v) is 5.58. The third kappa shape index (κ3) is 6.62. The van der Waals surface area contributed by atoms with Gasteiger partial charge in [-0.25, -0.2) is 8.78 Å². The first-order chi connectivity index (χ1) is 16.4. The maximum absolute atomic E-state index is 13.8. The summed E-state index contributed by atoms with van der Waals surface area (Å²) < 4.78 is 67.9. The van der Waals surface area contributed by atoms with Crippen molar-refractivity contribution in [2.45, 2.75) is 69.8 Å². The number of hydrogen-bond acceptors (Lipinski definition) is 5. The van der Waals surface area contributed by atoms with E-state index in [2.05, 4.69) is 10.3 Å². The second-order valence-electron chi connectivity index (χ2n) is 9.55. The molecule has 1 aromatic carbocycles. The maximum atomic E-state index is 13.8. The molecule has 2 heterocycles. The van der Waals surface area contributed by atoms with Crippen LogP contribution in [0, 0.1) is 12.8 Å². The molecule has 1 saturated carbocycles. The molecule has 2 aliphatic heterocycles. The number of aliphatic hydroxyl groups is 1. The van der Waals surface area contributed by atoms with E-state index in [-0.39, 0.29) is 36.7 Å². The van der Waals surface area contributed by atoms with Crippen LogP contribution in [0.15, 0.2) is 34.2 Å². The van der Waals surface area contributed by atoms with Crippen LogP contribution in [0.2, 0.25) is 0 Å². The standard InChI is InChI=1S/C24H28F5N3O2S/c1-14-2-3-16(17(10-14)24(27,28)29)13-32-8-5-15(6-9-32)11-20-21(31-22(34)35-20)30-18-12-23(25,26)7-4-19(18)33/h2-3,10-11,15,18-19,33H,4-9,12-13H2,1H3,(H,30,31,34)/b20-11-/t18-,19-/m1/s1. The summed E-state index contributed by atoms with van der Waals surface area (Å²) in [7, 11) is 0. The van der Waals surface area contributed by atoms with E-state index in [1.807, 2.05) is 11.0 Å². The van der Waals surface area contributed by atoms with Crippen LogP contribution in [0.4, 0.5) is 26.7 Å². The van der Waals surface area contributed by atoms with Gasteiger partial charge in [-0.05, 0) is 68.6 Å². The van der Waals surface area contributed by atoms with E-state index in [4.69, 9.17) is 0 Å². The van der Waals surface area contributed by atoms with E-state index in [0.717, 1.165) is 11.8 Å². The molecule has 0 spiro atoms. The molecule has 3 aliphatic rings. The Kier molecular flexibility index (Phi) is 7.59. The van der Waals surface area contributed by atoms with Crippen molar-refractivity contribution in [2.24, 2.45) is 10.9 Å². The minimum atomic E-state index is -4.41. The van der Waals surface area contributed by atoms with Gasteiger partial charge in [-0.3, -0.25) is 9.69 Å².